The molecule has 0 spiro atoms. The zero-order valence-electron chi connectivity index (χ0n) is 14.8. The van der Waals surface area contributed by atoms with Gasteiger partial charge in [0.05, 0.1) is 6.54 Å². The number of para-hydroxylation sites is 1. The van der Waals surface area contributed by atoms with Gasteiger partial charge in [0.1, 0.15) is 0 Å². The van der Waals surface area contributed by atoms with Gasteiger partial charge in [-0.3, -0.25) is 9.69 Å². The fraction of sp³-hybridized carbons (Fsp3) is 0.556. The second-order valence-corrected chi connectivity index (χ2v) is 6.81. The van der Waals surface area contributed by atoms with Crippen LogP contribution in [-0.2, 0) is 11.2 Å². The number of benzene rings is 1. The molecular weight excluding hydrogens is 320 g/mol. The zero-order chi connectivity index (χ0) is 17.5. The summed E-state index contributed by atoms with van der Waals surface area (Å²) in [5.74, 6) is 0.0935. The van der Waals surface area contributed by atoms with Gasteiger partial charge in [0.15, 0.2) is 5.11 Å². The van der Waals surface area contributed by atoms with Crippen LogP contribution in [0.1, 0.15) is 26.3 Å². The summed E-state index contributed by atoms with van der Waals surface area (Å²) in [6.07, 6.45) is 0.977. The van der Waals surface area contributed by atoms with Crippen LogP contribution >= 0.6 is 12.2 Å². The predicted molar refractivity (Wildman–Crippen MR) is 103 cm³/mol. The van der Waals surface area contributed by atoms with Gasteiger partial charge in [-0.05, 0) is 44.1 Å². The zero-order valence-corrected chi connectivity index (χ0v) is 15.7. The molecule has 1 saturated heterocycles. The minimum atomic E-state index is 0.0935. The summed E-state index contributed by atoms with van der Waals surface area (Å²) in [7, 11) is 0. The number of nitrogens with zero attached hydrogens (tertiary/aromatic N) is 2. The number of carbonyl (C=O) groups is 1. The molecule has 1 aromatic carbocycles. The van der Waals surface area contributed by atoms with E-state index < -0.39 is 0 Å². The van der Waals surface area contributed by atoms with Crippen molar-refractivity contribution in [3.05, 3.63) is 29.8 Å². The summed E-state index contributed by atoms with van der Waals surface area (Å²) in [4.78, 5) is 16.2. The monoisotopic (exact) mass is 348 g/mol. The minimum absolute atomic E-state index is 0.0935. The minimum Gasteiger partial charge on any atom is -0.353 e. The van der Waals surface area contributed by atoms with Crippen molar-refractivity contribution in [1.29, 1.82) is 0 Å². The molecule has 0 aliphatic carbocycles. The molecular formula is C18H28N4OS. The van der Waals surface area contributed by atoms with Crippen molar-refractivity contribution in [3.63, 3.8) is 0 Å². The molecule has 132 valence electrons. The topological polar surface area (TPSA) is 47.6 Å². The van der Waals surface area contributed by atoms with Crippen LogP contribution in [0.2, 0.25) is 0 Å². The Balaban J connectivity index is 1.81. The molecule has 1 amide bonds. The van der Waals surface area contributed by atoms with Gasteiger partial charge in [-0.2, -0.15) is 0 Å². The second-order valence-electron chi connectivity index (χ2n) is 6.43. The van der Waals surface area contributed by atoms with Crippen LogP contribution in [0.4, 0.5) is 5.69 Å². The van der Waals surface area contributed by atoms with Crippen LogP contribution in [0, 0.1) is 0 Å². The lowest BCUT2D eigenvalue weighted by atomic mass is 10.1. The number of rotatable bonds is 5. The summed E-state index contributed by atoms with van der Waals surface area (Å²) in [5, 5.41) is 7.08. The van der Waals surface area contributed by atoms with Crippen molar-refractivity contribution >= 4 is 28.9 Å². The van der Waals surface area contributed by atoms with E-state index in [4.69, 9.17) is 12.2 Å². The number of hydrogen-bond donors (Lipinski definition) is 2. The largest absolute Gasteiger partial charge is 0.353 e. The Kier molecular flexibility index (Phi) is 6.99. The number of anilines is 1. The van der Waals surface area contributed by atoms with Crippen LogP contribution < -0.4 is 10.6 Å². The van der Waals surface area contributed by atoms with E-state index >= 15 is 0 Å². The number of thiocarbonyl (C=S) groups is 1. The summed E-state index contributed by atoms with van der Waals surface area (Å²) < 4.78 is 0. The molecule has 2 rings (SSSR count). The van der Waals surface area contributed by atoms with E-state index in [-0.39, 0.29) is 11.9 Å². The van der Waals surface area contributed by atoms with Crippen LogP contribution in [0.15, 0.2) is 24.3 Å². The predicted octanol–water partition coefficient (Wildman–Crippen LogP) is 2.09. The van der Waals surface area contributed by atoms with Gasteiger partial charge in [0.2, 0.25) is 5.91 Å². The molecule has 0 unspecified atom stereocenters. The first-order valence-electron chi connectivity index (χ1n) is 8.65. The molecule has 0 radical (unpaired) electrons. The van der Waals surface area contributed by atoms with Crippen molar-refractivity contribution < 1.29 is 4.79 Å². The number of amides is 1. The van der Waals surface area contributed by atoms with E-state index in [1.54, 1.807) is 0 Å². The first-order chi connectivity index (χ1) is 11.5. The smallest absolute Gasteiger partial charge is 0.234 e. The lowest BCUT2D eigenvalue weighted by Crippen LogP contribution is -2.52. The van der Waals surface area contributed by atoms with Gasteiger partial charge in [-0.25, -0.2) is 0 Å². The number of hydrogen-bond acceptors (Lipinski definition) is 3. The molecule has 24 heavy (non-hydrogen) atoms. The molecule has 2 N–H and O–H groups in total. The van der Waals surface area contributed by atoms with Crippen LogP contribution in [0.5, 0.6) is 0 Å². The van der Waals surface area contributed by atoms with E-state index in [1.165, 1.54) is 5.56 Å². The fourth-order valence-corrected chi connectivity index (χ4v) is 3.12. The molecule has 1 aliphatic rings. The van der Waals surface area contributed by atoms with E-state index in [2.05, 4.69) is 39.5 Å². The highest BCUT2D eigenvalue weighted by Gasteiger charge is 2.21. The molecule has 1 heterocycles. The van der Waals surface area contributed by atoms with Gasteiger partial charge in [-0.15, -0.1) is 0 Å². The fourth-order valence-electron chi connectivity index (χ4n) is 2.82. The summed E-state index contributed by atoms with van der Waals surface area (Å²) in [6, 6.07) is 8.45. The maximum absolute atomic E-state index is 11.8. The summed E-state index contributed by atoms with van der Waals surface area (Å²) in [5.41, 5.74) is 2.35. The van der Waals surface area contributed by atoms with E-state index in [1.807, 2.05) is 26.0 Å². The Labute approximate surface area is 150 Å². The first kappa shape index (κ1) is 18.7. The van der Waals surface area contributed by atoms with Crippen molar-refractivity contribution in [2.75, 3.05) is 38.0 Å². The first-order valence-corrected chi connectivity index (χ1v) is 9.06. The van der Waals surface area contributed by atoms with Crippen molar-refractivity contribution in [1.82, 2.24) is 15.1 Å². The average Bonchev–Trinajstić information content (AvgIpc) is 2.55. The van der Waals surface area contributed by atoms with Gasteiger partial charge in [0, 0.05) is 37.9 Å². The van der Waals surface area contributed by atoms with Gasteiger partial charge < -0.3 is 15.5 Å². The number of nitrogens with one attached hydrogen (secondary N) is 2. The Morgan fingerprint density at radius 2 is 1.88 bits per heavy atom. The molecule has 1 fully saturated rings. The van der Waals surface area contributed by atoms with Crippen LogP contribution in [0.25, 0.3) is 0 Å². The van der Waals surface area contributed by atoms with Crippen molar-refractivity contribution in [2.45, 2.75) is 33.2 Å². The Morgan fingerprint density at radius 1 is 1.21 bits per heavy atom. The van der Waals surface area contributed by atoms with E-state index in [0.29, 0.717) is 6.54 Å². The molecule has 1 aromatic rings. The third kappa shape index (κ3) is 5.46. The normalized spacial score (nSPS) is 15.4. The summed E-state index contributed by atoms with van der Waals surface area (Å²) in [6.45, 7) is 9.95. The highest BCUT2D eigenvalue weighted by atomic mass is 32.1. The molecule has 0 aromatic heterocycles. The van der Waals surface area contributed by atoms with Crippen molar-refractivity contribution in [2.24, 2.45) is 0 Å². The van der Waals surface area contributed by atoms with E-state index in [9.17, 15) is 4.79 Å². The lowest BCUT2D eigenvalue weighted by Gasteiger charge is -2.36. The highest BCUT2D eigenvalue weighted by molar-refractivity contribution is 7.80. The van der Waals surface area contributed by atoms with Gasteiger partial charge >= 0.3 is 0 Å². The Bertz CT molecular complexity index is 568. The maximum atomic E-state index is 11.8. The molecule has 1 aliphatic heterocycles. The highest BCUT2D eigenvalue weighted by Crippen LogP contribution is 2.16. The standard InChI is InChI=1S/C18H28N4OS/c1-4-15-7-5-6-8-16(15)20-18(24)22-11-9-21(10-12-22)13-17(23)19-14(2)3/h5-8,14H,4,9-13H2,1-3H3,(H,19,23)(H,20,24). The molecule has 0 bridgehead atoms. The van der Waals surface area contributed by atoms with E-state index in [0.717, 1.165) is 43.4 Å². The van der Waals surface area contributed by atoms with Crippen molar-refractivity contribution in [3.8, 4) is 0 Å². The quantitative estimate of drug-likeness (QED) is 0.798. The number of aryl methyl sites for hydroxylation is 1. The molecule has 0 atom stereocenters. The van der Waals surface area contributed by atoms with Gasteiger partial charge in [0.25, 0.3) is 0 Å². The second kappa shape index (κ2) is 8.99. The SMILES string of the molecule is CCc1ccccc1NC(=S)N1CCN(CC(=O)NC(C)C)CC1. The van der Waals surface area contributed by atoms with Crippen LogP contribution in [0.3, 0.4) is 0 Å². The maximum Gasteiger partial charge on any atom is 0.234 e. The van der Waals surface area contributed by atoms with Gasteiger partial charge in [-0.1, -0.05) is 25.1 Å². The Hall–Kier alpha value is -1.66. The Morgan fingerprint density at radius 3 is 2.50 bits per heavy atom. The molecule has 0 saturated carbocycles. The molecule has 5 nitrogen and oxygen atoms in total. The number of carbonyl (C=O) groups excluding carboxylic acids is 1. The third-order valence-corrected chi connectivity index (χ3v) is 4.48. The number of piperazine rings is 1. The molecule has 6 heteroatoms. The average molecular weight is 349 g/mol. The third-order valence-electron chi connectivity index (χ3n) is 4.12. The lowest BCUT2D eigenvalue weighted by molar-refractivity contribution is -0.123. The van der Waals surface area contributed by atoms with Crippen LogP contribution in [-0.4, -0.2) is 59.6 Å². The summed E-state index contributed by atoms with van der Waals surface area (Å²) >= 11 is 5.56.